The SMILES string of the molecule is CC(C)(C)OC(=O)NCCc1cc(Br)c(OCCCN2C(=O)c3ccccc3C2=O)c(Br)c1. The standard InChI is InChI=1S/C24H26Br2N2O5/c1-24(2,3)33-23(31)27-10-9-15-13-18(25)20(19(26)14-15)32-12-6-11-28-21(29)16-7-4-5-8-17(16)22(28)30/h4-5,7-8,13-14H,6,9-12H2,1-3H3,(H,27,31). The number of rotatable bonds is 8. The van der Waals surface area contributed by atoms with E-state index in [1.54, 1.807) is 24.3 Å². The zero-order valence-electron chi connectivity index (χ0n) is 18.7. The number of amides is 3. The molecule has 1 aliphatic rings. The lowest BCUT2D eigenvalue weighted by atomic mass is 10.1. The third-order valence-corrected chi connectivity index (χ3v) is 5.97. The molecule has 2 aromatic rings. The Balaban J connectivity index is 1.48. The number of alkyl carbamates (subject to hydrolysis) is 1. The zero-order chi connectivity index (χ0) is 24.2. The Kier molecular flexibility index (Phi) is 8.18. The van der Waals surface area contributed by atoms with E-state index < -0.39 is 11.7 Å². The molecular weight excluding hydrogens is 556 g/mol. The molecule has 1 aliphatic heterocycles. The smallest absolute Gasteiger partial charge is 0.407 e. The minimum Gasteiger partial charge on any atom is -0.491 e. The summed E-state index contributed by atoms with van der Waals surface area (Å²) in [4.78, 5) is 37.9. The summed E-state index contributed by atoms with van der Waals surface area (Å²) in [5.74, 6) is 0.117. The van der Waals surface area contributed by atoms with Gasteiger partial charge in [-0.1, -0.05) is 12.1 Å². The predicted octanol–water partition coefficient (Wildman–Crippen LogP) is 5.34. The van der Waals surface area contributed by atoms with Gasteiger partial charge in [-0.15, -0.1) is 0 Å². The average molecular weight is 582 g/mol. The van der Waals surface area contributed by atoms with Crippen molar-refractivity contribution in [1.82, 2.24) is 10.2 Å². The lowest BCUT2D eigenvalue weighted by molar-refractivity contribution is 0.0527. The van der Waals surface area contributed by atoms with Gasteiger partial charge in [-0.2, -0.15) is 0 Å². The number of benzene rings is 2. The third-order valence-electron chi connectivity index (χ3n) is 4.79. The van der Waals surface area contributed by atoms with Crippen molar-refractivity contribution in [3.63, 3.8) is 0 Å². The van der Waals surface area contributed by atoms with E-state index in [-0.39, 0.29) is 18.4 Å². The van der Waals surface area contributed by atoms with Gasteiger partial charge < -0.3 is 14.8 Å². The summed E-state index contributed by atoms with van der Waals surface area (Å²) >= 11 is 7.06. The molecule has 0 atom stereocenters. The van der Waals surface area contributed by atoms with Crippen LogP contribution in [0.4, 0.5) is 4.79 Å². The first-order valence-electron chi connectivity index (χ1n) is 10.6. The molecule has 2 aromatic carbocycles. The van der Waals surface area contributed by atoms with Crippen LogP contribution in [0.3, 0.4) is 0 Å². The van der Waals surface area contributed by atoms with Gasteiger partial charge in [0.25, 0.3) is 11.8 Å². The number of ether oxygens (including phenoxy) is 2. The fourth-order valence-electron chi connectivity index (χ4n) is 3.36. The van der Waals surface area contributed by atoms with Crippen molar-refractivity contribution in [2.75, 3.05) is 19.7 Å². The molecule has 0 bridgehead atoms. The van der Waals surface area contributed by atoms with Crippen LogP contribution < -0.4 is 10.1 Å². The highest BCUT2D eigenvalue weighted by Gasteiger charge is 2.34. The van der Waals surface area contributed by atoms with Crippen molar-refractivity contribution in [1.29, 1.82) is 0 Å². The highest BCUT2D eigenvalue weighted by atomic mass is 79.9. The Hall–Kier alpha value is -2.39. The number of nitrogens with zero attached hydrogens (tertiary/aromatic N) is 1. The normalized spacial score (nSPS) is 13.2. The second kappa shape index (κ2) is 10.7. The maximum absolute atomic E-state index is 12.4. The van der Waals surface area contributed by atoms with Gasteiger partial charge in [0.1, 0.15) is 11.4 Å². The molecule has 3 amide bonds. The van der Waals surface area contributed by atoms with E-state index in [2.05, 4.69) is 37.2 Å². The molecule has 1 heterocycles. The van der Waals surface area contributed by atoms with Gasteiger partial charge in [0.05, 0.1) is 26.7 Å². The molecule has 0 spiro atoms. The van der Waals surface area contributed by atoms with E-state index in [1.165, 1.54) is 4.90 Å². The minimum absolute atomic E-state index is 0.262. The second-order valence-electron chi connectivity index (χ2n) is 8.58. The zero-order valence-corrected chi connectivity index (χ0v) is 21.9. The number of halogens is 2. The molecular formula is C24H26Br2N2O5. The Morgan fingerprint density at radius 1 is 1.03 bits per heavy atom. The van der Waals surface area contributed by atoms with Gasteiger partial charge in [-0.25, -0.2) is 4.79 Å². The summed E-state index contributed by atoms with van der Waals surface area (Å²) in [6.07, 6.45) is 0.682. The molecule has 33 heavy (non-hydrogen) atoms. The average Bonchev–Trinajstić information content (AvgIpc) is 2.96. The number of imide groups is 1. The topological polar surface area (TPSA) is 84.9 Å². The van der Waals surface area contributed by atoms with E-state index in [1.807, 2.05) is 32.9 Å². The molecule has 0 aromatic heterocycles. The van der Waals surface area contributed by atoms with Crippen LogP contribution in [0.1, 0.15) is 53.5 Å². The summed E-state index contributed by atoms with van der Waals surface area (Å²) in [5, 5.41) is 2.74. The number of carbonyl (C=O) groups excluding carboxylic acids is 3. The van der Waals surface area contributed by atoms with Crippen LogP contribution in [0.5, 0.6) is 5.75 Å². The largest absolute Gasteiger partial charge is 0.491 e. The van der Waals surface area contributed by atoms with Crippen LogP contribution >= 0.6 is 31.9 Å². The Morgan fingerprint density at radius 2 is 1.61 bits per heavy atom. The monoisotopic (exact) mass is 580 g/mol. The number of fused-ring (bicyclic) bond motifs is 1. The summed E-state index contributed by atoms with van der Waals surface area (Å²) in [5.41, 5.74) is 1.37. The fraction of sp³-hybridized carbons (Fsp3) is 0.375. The van der Waals surface area contributed by atoms with E-state index in [4.69, 9.17) is 9.47 Å². The fourth-order valence-corrected chi connectivity index (χ4v) is 4.87. The molecule has 3 rings (SSSR count). The first kappa shape index (κ1) is 25.2. The molecule has 0 unspecified atom stereocenters. The first-order chi connectivity index (χ1) is 15.6. The van der Waals surface area contributed by atoms with Crippen LogP contribution in [0.15, 0.2) is 45.3 Å². The maximum atomic E-state index is 12.4. The molecule has 0 saturated heterocycles. The number of carbonyl (C=O) groups is 3. The highest BCUT2D eigenvalue weighted by Crippen LogP contribution is 2.35. The van der Waals surface area contributed by atoms with E-state index >= 15 is 0 Å². The molecule has 0 saturated carbocycles. The molecule has 0 fully saturated rings. The van der Waals surface area contributed by atoms with Crippen molar-refractivity contribution in [2.24, 2.45) is 0 Å². The highest BCUT2D eigenvalue weighted by molar-refractivity contribution is 9.11. The molecule has 0 aliphatic carbocycles. The van der Waals surface area contributed by atoms with Crippen LogP contribution in [0, 0.1) is 0 Å². The van der Waals surface area contributed by atoms with Crippen LogP contribution in [-0.4, -0.2) is 48.1 Å². The first-order valence-corrected chi connectivity index (χ1v) is 12.2. The molecule has 7 nitrogen and oxygen atoms in total. The summed E-state index contributed by atoms with van der Waals surface area (Å²) in [6, 6.07) is 10.7. The van der Waals surface area contributed by atoms with Crippen molar-refractivity contribution < 1.29 is 23.9 Å². The summed E-state index contributed by atoms with van der Waals surface area (Å²) in [6.45, 7) is 6.52. The van der Waals surface area contributed by atoms with Crippen molar-refractivity contribution in [3.8, 4) is 5.75 Å². The number of hydrogen-bond donors (Lipinski definition) is 1. The van der Waals surface area contributed by atoms with Gasteiger partial charge >= 0.3 is 6.09 Å². The minimum atomic E-state index is -0.533. The molecule has 176 valence electrons. The van der Waals surface area contributed by atoms with Gasteiger partial charge in [-0.3, -0.25) is 14.5 Å². The maximum Gasteiger partial charge on any atom is 0.407 e. The quantitative estimate of drug-likeness (QED) is 0.336. The second-order valence-corrected chi connectivity index (χ2v) is 10.3. The van der Waals surface area contributed by atoms with E-state index in [0.717, 1.165) is 14.5 Å². The van der Waals surface area contributed by atoms with E-state index in [0.29, 0.717) is 42.9 Å². The Labute approximate surface area is 210 Å². The van der Waals surface area contributed by atoms with Crippen molar-refractivity contribution >= 4 is 49.8 Å². The van der Waals surface area contributed by atoms with Crippen LogP contribution in [0.25, 0.3) is 0 Å². The van der Waals surface area contributed by atoms with Gasteiger partial charge in [0, 0.05) is 13.1 Å². The number of nitrogens with one attached hydrogen (secondary N) is 1. The lowest BCUT2D eigenvalue weighted by Crippen LogP contribution is -2.33. The van der Waals surface area contributed by atoms with Gasteiger partial charge in [0.15, 0.2) is 0 Å². The Bertz CT molecular complexity index is 1010. The van der Waals surface area contributed by atoms with Gasteiger partial charge in [0.2, 0.25) is 0 Å². The lowest BCUT2D eigenvalue weighted by Gasteiger charge is -2.19. The van der Waals surface area contributed by atoms with Crippen LogP contribution in [0.2, 0.25) is 0 Å². The molecule has 1 N–H and O–H groups in total. The summed E-state index contributed by atoms with van der Waals surface area (Å²) in [7, 11) is 0. The van der Waals surface area contributed by atoms with Crippen molar-refractivity contribution in [2.45, 2.75) is 39.2 Å². The molecule has 9 heteroatoms. The predicted molar refractivity (Wildman–Crippen MR) is 132 cm³/mol. The van der Waals surface area contributed by atoms with Crippen LogP contribution in [-0.2, 0) is 11.2 Å². The van der Waals surface area contributed by atoms with Crippen molar-refractivity contribution in [3.05, 3.63) is 62.0 Å². The molecule has 0 radical (unpaired) electrons. The number of hydrogen-bond acceptors (Lipinski definition) is 5. The third kappa shape index (κ3) is 6.57. The summed E-state index contributed by atoms with van der Waals surface area (Å²) < 4.78 is 12.7. The van der Waals surface area contributed by atoms with E-state index in [9.17, 15) is 14.4 Å². The van der Waals surface area contributed by atoms with Gasteiger partial charge in [-0.05, 0) is 95.3 Å². The Morgan fingerprint density at radius 3 is 2.15 bits per heavy atom.